The van der Waals surface area contributed by atoms with E-state index in [0.717, 1.165) is 24.8 Å². The van der Waals surface area contributed by atoms with Crippen LogP contribution in [-0.4, -0.2) is 41.8 Å². The number of hydrogen-bond acceptors (Lipinski definition) is 3. The second kappa shape index (κ2) is 10.1. The second-order valence-electron chi connectivity index (χ2n) is 9.10. The van der Waals surface area contributed by atoms with Crippen molar-refractivity contribution < 1.29 is 14.4 Å². The number of para-hydroxylation sites is 1. The summed E-state index contributed by atoms with van der Waals surface area (Å²) in [5, 5.41) is 3.03. The summed E-state index contributed by atoms with van der Waals surface area (Å²) in [7, 11) is 0. The molecular formula is C29H29N3O3. The molecule has 35 heavy (non-hydrogen) atoms. The lowest BCUT2D eigenvalue weighted by atomic mass is 10.0. The zero-order chi connectivity index (χ0) is 24.2. The molecule has 3 amide bonds. The van der Waals surface area contributed by atoms with Crippen LogP contribution in [0.3, 0.4) is 0 Å². The number of carbonyl (C=O) groups is 3. The van der Waals surface area contributed by atoms with Gasteiger partial charge >= 0.3 is 0 Å². The number of hydrogen-bond donors (Lipinski definition) is 1. The van der Waals surface area contributed by atoms with Crippen molar-refractivity contribution in [2.45, 2.75) is 38.3 Å². The number of carbonyl (C=O) groups excluding carboxylic acids is 3. The van der Waals surface area contributed by atoms with E-state index in [0.29, 0.717) is 36.3 Å². The van der Waals surface area contributed by atoms with E-state index in [1.807, 2.05) is 54.6 Å². The highest BCUT2D eigenvalue weighted by Crippen LogP contribution is 2.33. The van der Waals surface area contributed by atoms with Crippen molar-refractivity contribution >= 4 is 23.4 Å². The molecule has 0 saturated carbocycles. The van der Waals surface area contributed by atoms with Gasteiger partial charge in [-0.25, -0.2) is 0 Å². The van der Waals surface area contributed by atoms with E-state index in [4.69, 9.17) is 0 Å². The SMILES string of the molecule is O=C(NCCCc1ccccc1)c1ccccc1CN1C(=O)[C@@H]2CCCN2C(=O)c2ccccc21. The Morgan fingerprint density at radius 3 is 2.51 bits per heavy atom. The maximum absolute atomic E-state index is 13.6. The Hall–Kier alpha value is -3.93. The summed E-state index contributed by atoms with van der Waals surface area (Å²) >= 11 is 0. The molecule has 2 aliphatic heterocycles. The van der Waals surface area contributed by atoms with Gasteiger partial charge in [0.1, 0.15) is 6.04 Å². The van der Waals surface area contributed by atoms with Crippen molar-refractivity contribution in [1.82, 2.24) is 10.2 Å². The lowest BCUT2D eigenvalue weighted by molar-refractivity contribution is -0.122. The molecular weight excluding hydrogens is 438 g/mol. The molecule has 1 atom stereocenters. The summed E-state index contributed by atoms with van der Waals surface area (Å²) < 4.78 is 0. The zero-order valence-corrected chi connectivity index (χ0v) is 19.7. The highest BCUT2D eigenvalue weighted by molar-refractivity contribution is 6.11. The normalized spacial score (nSPS) is 17.1. The van der Waals surface area contributed by atoms with Crippen molar-refractivity contribution in [3.63, 3.8) is 0 Å². The molecule has 3 aromatic rings. The molecule has 6 nitrogen and oxygen atoms in total. The fourth-order valence-corrected chi connectivity index (χ4v) is 5.06. The quantitative estimate of drug-likeness (QED) is 0.530. The molecule has 2 aliphatic rings. The van der Waals surface area contributed by atoms with Gasteiger partial charge in [0.05, 0.1) is 17.8 Å². The third kappa shape index (κ3) is 4.69. The van der Waals surface area contributed by atoms with Crippen LogP contribution in [-0.2, 0) is 17.8 Å². The Morgan fingerprint density at radius 2 is 1.66 bits per heavy atom. The lowest BCUT2D eigenvalue weighted by Crippen LogP contribution is -2.44. The molecule has 1 saturated heterocycles. The molecule has 3 aromatic carbocycles. The monoisotopic (exact) mass is 467 g/mol. The van der Waals surface area contributed by atoms with E-state index in [9.17, 15) is 14.4 Å². The van der Waals surface area contributed by atoms with Crippen LogP contribution in [0.25, 0.3) is 0 Å². The number of benzene rings is 3. The molecule has 0 aliphatic carbocycles. The summed E-state index contributed by atoms with van der Waals surface area (Å²) in [6.07, 6.45) is 3.22. The molecule has 1 N–H and O–H groups in total. The van der Waals surface area contributed by atoms with Gasteiger partial charge in [-0.3, -0.25) is 14.4 Å². The van der Waals surface area contributed by atoms with E-state index in [-0.39, 0.29) is 24.3 Å². The van der Waals surface area contributed by atoms with Crippen molar-refractivity contribution in [3.8, 4) is 0 Å². The van der Waals surface area contributed by atoms with Crippen molar-refractivity contribution in [3.05, 3.63) is 101 Å². The Morgan fingerprint density at radius 1 is 0.914 bits per heavy atom. The van der Waals surface area contributed by atoms with Crippen LogP contribution in [0.1, 0.15) is 51.1 Å². The first-order chi connectivity index (χ1) is 17.1. The third-order valence-corrected chi connectivity index (χ3v) is 6.85. The van der Waals surface area contributed by atoms with Gasteiger partial charge < -0.3 is 15.1 Å². The minimum absolute atomic E-state index is 0.0844. The maximum Gasteiger partial charge on any atom is 0.256 e. The minimum atomic E-state index is -0.450. The molecule has 0 spiro atoms. The molecule has 0 unspecified atom stereocenters. The van der Waals surface area contributed by atoms with Crippen LogP contribution in [0.15, 0.2) is 78.9 Å². The van der Waals surface area contributed by atoms with Gasteiger partial charge in [0.2, 0.25) is 5.91 Å². The van der Waals surface area contributed by atoms with Gasteiger partial charge in [0, 0.05) is 18.7 Å². The second-order valence-corrected chi connectivity index (χ2v) is 9.10. The van der Waals surface area contributed by atoms with Gasteiger partial charge in [-0.05, 0) is 55.0 Å². The molecule has 6 heteroatoms. The Bertz CT molecular complexity index is 1240. The van der Waals surface area contributed by atoms with Crippen LogP contribution in [0.5, 0.6) is 0 Å². The lowest BCUT2D eigenvalue weighted by Gasteiger charge is -2.26. The predicted molar refractivity (Wildman–Crippen MR) is 135 cm³/mol. The number of aryl methyl sites for hydroxylation is 1. The summed E-state index contributed by atoms with van der Waals surface area (Å²) in [5.74, 6) is -0.329. The first-order valence-electron chi connectivity index (χ1n) is 12.2. The number of anilines is 1. The van der Waals surface area contributed by atoms with Gasteiger partial charge in [-0.2, -0.15) is 0 Å². The molecule has 0 aromatic heterocycles. The third-order valence-electron chi connectivity index (χ3n) is 6.85. The topological polar surface area (TPSA) is 69.7 Å². The molecule has 0 bridgehead atoms. The number of nitrogens with one attached hydrogen (secondary N) is 1. The predicted octanol–water partition coefficient (Wildman–Crippen LogP) is 4.20. The van der Waals surface area contributed by atoms with E-state index in [1.54, 1.807) is 21.9 Å². The standard InChI is InChI=1S/C29H29N3O3/c33-27(30-18-8-12-21-10-2-1-3-11-21)23-14-5-4-13-22(23)20-32-25-16-7-6-15-24(25)28(34)31-19-9-17-26(31)29(32)35/h1-7,10-11,13-16,26H,8-9,12,17-20H2,(H,30,33)/t26-/m0/s1. The first kappa shape index (κ1) is 22.8. The zero-order valence-electron chi connectivity index (χ0n) is 19.7. The van der Waals surface area contributed by atoms with E-state index in [2.05, 4.69) is 17.4 Å². The number of fused-ring (bicyclic) bond motifs is 2. The molecule has 0 radical (unpaired) electrons. The maximum atomic E-state index is 13.6. The van der Waals surface area contributed by atoms with Crippen molar-refractivity contribution in [2.75, 3.05) is 18.0 Å². The van der Waals surface area contributed by atoms with E-state index in [1.165, 1.54) is 5.56 Å². The molecule has 5 rings (SSSR count). The van der Waals surface area contributed by atoms with Crippen LogP contribution >= 0.6 is 0 Å². The fourth-order valence-electron chi connectivity index (χ4n) is 5.06. The van der Waals surface area contributed by atoms with Gasteiger partial charge in [0.15, 0.2) is 0 Å². The average molecular weight is 468 g/mol. The van der Waals surface area contributed by atoms with E-state index < -0.39 is 6.04 Å². The van der Waals surface area contributed by atoms with Crippen LogP contribution in [0.2, 0.25) is 0 Å². The van der Waals surface area contributed by atoms with Gasteiger partial charge in [-0.15, -0.1) is 0 Å². The Balaban J connectivity index is 1.34. The molecule has 2 heterocycles. The van der Waals surface area contributed by atoms with E-state index >= 15 is 0 Å². The van der Waals surface area contributed by atoms with Crippen LogP contribution < -0.4 is 10.2 Å². The molecule has 178 valence electrons. The highest BCUT2D eigenvalue weighted by atomic mass is 16.2. The average Bonchev–Trinajstić information content (AvgIpc) is 3.37. The van der Waals surface area contributed by atoms with Crippen LogP contribution in [0, 0.1) is 0 Å². The summed E-state index contributed by atoms with van der Waals surface area (Å²) in [6.45, 7) is 1.40. The summed E-state index contributed by atoms with van der Waals surface area (Å²) in [5.41, 5.74) is 3.70. The first-order valence-corrected chi connectivity index (χ1v) is 12.2. The van der Waals surface area contributed by atoms with Gasteiger partial charge in [-0.1, -0.05) is 60.7 Å². The largest absolute Gasteiger partial charge is 0.352 e. The number of amides is 3. The summed E-state index contributed by atoms with van der Waals surface area (Å²) in [6, 6.07) is 24.4. The van der Waals surface area contributed by atoms with Crippen molar-refractivity contribution in [1.29, 1.82) is 0 Å². The smallest absolute Gasteiger partial charge is 0.256 e. The highest BCUT2D eigenvalue weighted by Gasteiger charge is 2.42. The summed E-state index contributed by atoms with van der Waals surface area (Å²) in [4.78, 5) is 43.2. The van der Waals surface area contributed by atoms with Crippen LogP contribution in [0.4, 0.5) is 5.69 Å². The number of rotatable bonds is 7. The Labute approximate surface area is 205 Å². The number of nitrogens with zero attached hydrogens (tertiary/aromatic N) is 2. The van der Waals surface area contributed by atoms with Crippen molar-refractivity contribution in [2.24, 2.45) is 0 Å². The Kier molecular flexibility index (Phi) is 6.62. The minimum Gasteiger partial charge on any atom is -0.352 e. The van der Waals surface area contributed by atoms with Gasteiger partial charge in [0.25, 0.3) is 11.8 Å². The fraction of sp³-hybridized carbons (Fsp3) is 0.276. The molecule has 1 fully saturated rings.